The van der Waals surface area contributed by atoms with Gasteiger partial charge in [0.1, 0.15) is 6.07 Å². The van der Waals surface area contributed by atoms with E-state index in [1.807, 2.05) is 6.07 Å². The summed E-state index contributed by atoms with van der Waals surface area (Å²) in [6.45, 7) is 4.11. The number of ether oxygens (including phenoxy) is 3. The van der Waals surface area contributed by atoms with Gasteiger partial charge in [-0.3, -0.25) is 0 Å². The van der Waals surface area contributed by atoms with E-state index in [4.69, 9.17) is 18.6 Å². The average molecular weight is 372 g/mol. The Hall–Kier alpha value is -3.21. The predicted octanol–water partition coefficient (Wildman–Crippen LogP) is 3.92. The molecular weight excluding hydrogens is 348 g/mol. The summed E-state index contributed by atoms with van der Waals surface area (Å²) in [7, 11) is 4.63. The summed E-state index contributed by atoms with van der Waals surface area (Å²) >= 11 is 0. The summed E-state index contributed by atoms with van der Waals surface area (Å²) < 4.78 is 21.6. The quantitative estimate of drug-likeness (QED) is 0.526. The van der Waals surface area contributed by atoms with Crippen molar-refractivity contribution in [1.29, 1.82) is 5.26 Å². The maximum Gasteiger partial charge on any atom is 0.252 e. The molecule has 0 radical (unpaired) electrons. The van der Waals surface area contributed by atoms with Crippen LogP contribution in [0.4, 0.5) is 5.88 Å². The van der Waals surface area contributed by atoms with E-state index in [9.17, 15) is 5.26 Å². The standard InChI is InChI=1S/C19H24N4O4/c1-6-13(7-2)18-22-14(10-20)19(27-18)23-21-11-12-8-15(24-3)17(26-5)16(9-12)25-4/h8-9,11,13,23H,6-7H2,1-5H3. The first-order valence-electron chi connectivity index (χ1n) is 8.61. The van der Waals surface area contributed by atoms with Gasteiger partial charge in [-0.2, -0.15) is 10.4 Å². The molecule has 0 amide bonds. The Morgan fingerprint density at radius 2 is 1.81 bits per heavy atom. The normalized spacial score (nSPS) is 10.9. The number of hydrazone groups is 1. The number of rotatable bonds is 9. The molecule has 27 heavy (non-hydrogen) atoms. The zero-order chi connectivity index (χ0) is 19.8. The van der Waals surface area contributed by atoms with Crippen molar-refractivity contribution in [2.45, 2.75) is 32.6 Å². The number of anilines is 1. The number of aromatic nitrogens is 1. The highest BCUT2D eigenvalue weighted by molar-refractivity contribution is 5.83. The average Bonchev–Trinajstić information content (AvgIpc) is 3.10. The zero-order valence-corrected chi connectivity index (χ0v) is 16.2. The van der Waals surface area contributed by atoms with Crippen molar-refractivity contribution in [2.75, 3.05) is 26.8 Å². The lowest BCUT2D eigenvalue weighted by Gasteiger charge is -2.12. The van der Waals surface area contributed by atoms with Crippen molar-refractivity contribution in [1.82, 2.24) is 4.98 Å². The minimum Gasteiger partial charge on any atom is -0.493 e. The van der Waals surface area contributed by atoms with Crippen LogP contribution in [-0.2, 0) is 0 Å². The van der Waals surface area contributed by atoms with Gasteiger partial charge in [-0.15, -0.1) is 0 Å². The van der Waals surface area contributed by atoms with Crippen molar-refractivity contribution in [3.8, 4) is 23.3 Å². The smallest absolute Gasteiger partial charge is 0.252 e. The van der Waals surface area contributed by atoms with E-state index < -0.39 is 0 Å². The van der Waals surface area contributed by atoms with Crippen molar-refractivity contribution in [2.24, 2.45) is 5.10 Å². The molecule has 144 valence electrons. The maximum absolute atomic E-state index is 9.26. The Labute approximate surface area is 158 Å². The Bertz CT molecular complexity index is 810. The van der Waals surface area contributed by atoms with Crippen LogP contribution in [0.1, 0.15) is 49.8 Å². The molecular formula is C19H24N4O4. The first-order valence-corrected chi connectivity index (χ1v) is 8.61. The predicted molar refractivity (Wildman–Crippen MR) is 102 cm³/mol. The highest BCUT2D eigenvalue weighted by Gasteiger charge is 2.18. The fraction of sp³-hybridized carbons (Fsp3) is 0.421. The van der Waals surface area contributed by atoms with Gasteiger partial charge in [-0.05, 0) is 25.0 Å². The van der Waals surface area contributed by atoms with Gasteiger partial charge in [-0.25, -0.2) is 10.4 Å². The van der Waals surface area contributed by atoms with E-state index in [-0.39, 0.29) is 17.5 Å². The zero-order valence-electron chi connectivity index (χ0n) is 16.2. The van der Waals surface area contributed by atoms with Gasteiger partial charge < -0.3 is 18.6 Å². The lowest BCUT2D eigenvalue weighted by Crippen LogP contribution is -1.97. The number of oxazole rings is 1. The molecule has 8 nitrogen and oxygen atoms in total. The van der Waals surface area contributed by atoms with Crippen molar-refractivity contribution < 1.29 is 18.6 Å². The van der Waals surface area contributed by atoms with Crippen LogP contribution in [0.5, 0.6) is 17.2 Å². The molecule has 0 fully saturated rings. The third-order valence-corrected chi connectivity index (χ3v) is 4.15. The van der Waals surface area contributed by atoms with Crippen LogP contribution in [0.25, 0.3) is 0 Å². The summed E-state index contributed by atoms with van der Waals surface area (Å²) in [5.74, 6) is 2.48. The summed E-state index contributed by atoms with van der Waals surface area (Å²) in [5.41, 5.74) is 3.64. The van der Waals surface area contributed by atoms with Crippen LogP contribution in [-0.4, -0.2) is 32.5 Å². The molecule has 0 aliphatic rings. The second-order valence-corrected chi connectivity index (χ2v) is 5.68. The topological polar surface area (TPSA) is 102 Å². The molecule has 1 N–H and O–H groups in total. The molecule has 0 saturated carbocycles. The van der Waals surface area contributed by atoms with E-state index in [0.717, 1.165) is 18.4 Å². The monoisotopic (exact) mass is 372 g/mol. The van der Waals surface area contributed by atoms with Crippen LogP contribution < -0.4 is 19.6 Å². The number of hydrogen-bond acceptors (Lipinski definition) is 8. The van der Waals surface area contributed by atoms with Gasteiger partial charge in [0.25, 0.3) is 5.88 Å². The largest absolute Gasteiger partial charge is 0.493 e. The van der Waals surface area contributed by atoms with E-state index in [1.165, 1.54) is 0 Å². The molecule has 0 unspecified atom stereocenters. The Morgan fingerprint density at radius 3 is 2.30 bits per heavy atom. The number of nitriles is 1. The summed E-state index contributed by atoms with van der Waals surface area (Å²) in [6, 6.07) is 5.54. The van der Waals surface area contributed by atoms with Gasteiger partial charge in [0, 0.05) is 11.5 Å². The van der Waals surface area contributed by atoms with Crippen LogP contribution in [0, 0.1) is 11.3 Å². The number of methoxy groups -OCH3 is 3. The molecule has 1 aromatic heterocycles. The molecule has 0 atom stereocenters. The third kappa shape index (κ3) is 4.50. The Kier molecular flexibility index (Phi) is 7.06. The first kappa shape index (κ1) is 20.1. The van der Waals surface area contributed by atoms with Crippen molar-refractivity contribution in [3.63, 3.8) is 0 Å². The van der Waals surface area contributed by atoms with E-state index in [0.29, 0.717) is 23.1 Å². The van der Waals surface area contributed by atoms with Crippen LogP contribution in [0.15, 0.2) is 21.7 Å². The first-order chi connectivity index (χ1) is 13.1. The molecule has 8 heteroatoms. The molecule has 1 heterocycles. The molecule has 0 saturated heterocycles. The molecule has 1 aromatic carbocycles. The molecule has 0 bridgehead atoms. The summed E-state index contributed by atoms with van der Waals surface area (Å²) in [4.78, 5) is 4.25. The second-order valence-electron chi connectivity index (χ2n) is 5.68. The minimum absolute atomic E-state index is 0.173. The number of nitrogens with one attached hydrogen (secondary N) is 1. The van der Waals surface area contributed by atoms with Gasteiger partial charge in [0.05, 0.1) is 27.5 Å². The maximum atomic E-state index is 9.26. The lowest BCUT2D eigenvalue weighted by atomic mass is 10.0. The lowest BCUT2D eigenvalue weighted by molar-refractivity contribution is 0.324. The molecule has 0 aliphatic heterocycles. The van der Waals surface area contributed by atoms with Crippen molar-refractivity contribution in [3.05, 3.63) is 29.3 Å². The van der Waals surface area contributed by atoms with Gasteiger partial charge in [0.15, 0.2) is 11.5 Å². The number of hydrogen-bond donors (Lipinski definition) is 1. The molecule has 2 rings (SSSR count). The van der Waals surface area contributed by atoms with E-state index in [1.54, 1.807) is 39.7 Å². The molecule has 0 aliphatic carbocycles. The number of benzene rings is 1. The van der Waals surface area contributed by atoms with Gasteiger partial charge >= 0.3 is 0 Å². The van der Waals surface area contributed by atoms with Crippen LogP contribution >= 0.6 is 0 Å². The van der Waals surface area contributed by atoms with E-state index in [2.05, 4.69) is 29.4 Å². The third-order valence-electron chi connectivity index (χ3n) is 4.15. The molecule has 0 spiro atoms. The van der Waals surface area contributed by atoms with Gasteiger partial charge in [0.2, 0.25) is 17.3 Å². The summed E-state index contributed by atoms with van der Waals surface area (Å²) in [5, 5.41) is 13.4. The molecule has 2 aromatic rings. The summed E-state index contributed by atoms with van der Waals surface area (Å²) in [6.07, 6.45) is 3.33. The highest BCUT2D eigenvalue weighted by atomic mass is 16.5. The van der Waals surface area contributed by atoms with Crippen LogP contribution in [0.2, 0.25) is 0 Å². The highest BCUT2D eigenvalue weighted by Crippen LogP contribution is 2.37. The second kappa shape index (κ2) is 9.48. The SMILES string of the molecule is CCC(CC)c1nc(C#N)c(NN=Cc2cc(OC)c(OC)c(OC)c2)o1. The number of nitrogens with zero attached hydrogens (tertiary/aromatic N) is 3. The Balaban J connectivity index is 2.24. The van der Waals surface area contributed by atoms with E-state index >= 15 is 0 Å². The van der Waals surface area contributed by atoms with Crippen LogP contribution in [0.3, 0.4) is 0 Å². The fourth-order valence-corrected chi connectivity index (χ4v) is 2.64. The minimum atomic E-state index is 0.173. The Morgan fingerprint density at radius 1 is 1.19 bits per heavy atom. The van der Waals surface area contributed by atoms with Gasteiger partial charge in [-0.1, -0.05) is 13.8 Å². The van der Waals surface area contributed by atoms with Crippen molar-refractivity contribution >= 4 is 12.1 Å². The fourth-order valence-electron chi connectivity index (χ4n) is 2.64.